The molecule has 1 N–H and O–H groups in total. The smallest absolute Gasteiger partial charge is 0.253 e. The minimum Gasteiger partial charge on any atom is -0.352 e. The fraction of sp³-hybridized carbons (Fsp3) is 0.389. The molecule has 6 heteroatoms. The Labute approximate surface area is 145 Å². The minimum atomic E-state index is -0.159. The molecule has 0 spiro atoms. The van der Waals surface area contributed by atoms with E-state index >= 15 is 0 Å². The molecule has 24 heavy (non-hydrogen) atoms. The molecule has 5 nitrogen and oxygen atoms in total. The lowest BCUT2D eigenvalue weighted by Crippen LogP contribution is -2.32. The second kappa shape index (κ2) is 7.13. The molecule has 2 aromatic rings. The number of carbonyl (C=O) groups is 2. The summed E-state index contributed by atoms with van der Waals surface area (Å²) in [4.78, 5) is 30.8. The predicted octanol–water partition coefficient (Wildman–Crippen LogP) is 2.80. The fourth-order valence-corrected chi connectivity index (χ4v) is 3.25. The van der Waals surface area contributed by atoms with Crippen LogP contribution in [0.3, 0.4) is 0 Å². The van der Waals surface area contributed by atoms with Crippen LogP contribution in [0.1, 0.15) is 33.9 Å². The van der Waals surface area contributed by atoms with Gasteiger partial charge in [0.15, 0.2) is 0 Å². The van der Waals surface area contributed by atoms with Crippen LogP contribution in [-0.2, 0) is 11.2 Å². The Bertz CT molecular complexity index is 752. The van der Waals surface area contributed by atoms with Crippen molar-refractivity contribution in [2.24, 2.45) is 5.92 Å². The van der Waals surface area contributed by atoms with Crippen LogP contribution in [0.15, 0.2) is 29.6 Å². The summed E-state index contributed by atoms with van der Waals surface area (Å²) >= 11 is 1.61. The quantitative estimate of drug-likeness (QED) is 0.877. The summed E-state index contributed by atoms with van der Waals surface area (Å²) in [5.74, 6) is 0.0558. The van der Waals surface area contributed by atoms with Gasteiger partial charge in [-0.2, -0.15) is 0 Å². The molecule has 1 saturated carbocycles. The van der Waals surface area contributed by atoms with Crippen LogP contribution in [-0.4, -0.2) is 30.4 Å². The van der Waals surface area contributed by atoms with Crippen molar-refractivity contribution >= 4 is 28.8 Å². The zero-order chi connectivity index (χ0) is 17.1. The van der Waals surface area contributed by atoms with E-state index in [1.807, 2.05) is 30.5 Å². The first-order chi connectivity index (χ1) is 11.6. The van der Waals surface area contributed by atoms with Gasteiger partial charge in [0, 0.05) is 31.3 Å². The van der Waals surface area contributed by atoms with Gasteiger partial charge in [0.2, 0.25) is 5.91 Å². The number of aromatic nitrogens is 1. The van der Waals surface area contributed by atoms with Gasteiger partial charge in [-0.25, -0.2) is 4.98 Å². The lowest BCUT2D eigenvalue weighted by molar-refractivity contribution is -0.119. The summed E-state index contributed by atoms with van der Waals surface area (Å²) in [7, 11) is 1.74. The Hall–Kier alpha value is -2.21. The lowest BCUT2D eigenvalue weighted by atomic mass is 10.1. The summed E-state index contributed by atoms with van der Waals surface area (Å²) in [6.07, 6.45) is 2.60. The van der Waals surface area contributed by atoms with Crippen molar-refractivity contribution in [3.05, 3.63) is 45.9 Å². The average Bonchev–Trinajstić information content (AvgIpc) is 3.36. The van der Waals surface area contributed by atoms with Crippen molar-refractivity contribution in [2.75, 3.05) is 18.5 Å². The van der Waals surface area contributed by atoms with Gasteiger partial charge in [-0.3, -0.25) is 9.59 Å². The maximum Gasteiger partial charge on any atom is 0.253 e. The molecule has 1 heterocycles. The Morgan fingerprint density at radius 2 is 2.08 bits per heavy atom. The van der Waals surface area contributed by atoms with Crippen molar-refractivity contribution in [3.63, 3.8) is 0 Å². The predicted molar refractivity (Wildman–Crippen MR) is 95.5 cm³/mol. The number of carbonyl (C=O) groups excluding carboxylic acids is 2. The van der Waals surface area contributed by atoms with Crippen molar-refractivity contribution in [1.29, 1.82) is 0 Å². The molecular formula is C18H21N3O2S. The third-order valence-corrected chi connectivity index (χ3v) is 4.92. The van der Waals surface area contributed by atoms with Crippen LogP contribution in [0, 0.1) is 12.8 Å². The Morgan fingerprint density at radius 3 is 2.75 bits per heavy atom. The highest BCUT2D eigenvalue weighted by molar-refractivity contribution is 7.09. The third kappa shape index (κ3) is 3.82. The normalized spacial score (nSPS) is 13.6. The van der Waals surface area contributed by atoms with Gasteiger partial charge in [-0.15, -0.1) is 11.3 Å². The first-order valence-electron chi connectivity index (χ1n) is 8.12. The molecule has 126 valence electrons. The summed E-state index contributed by atoms with van der Waals surface area (Å²) in [6.45, 7) is 2.49. The van der Waals surface area contributed by atoms with E-state index in [0.717, 1.165) is 23.5 Å². The van der Waals surface area contributed by atoms with Gasteiger partial charge in [0.25, 0.3) is 5.91 Å². The first kappa shape index (κ1) is 16.6. The third-order valence-electron chi connectivity index (χ3n) is 4.10. The van der Waals surface area contributed by atoms with E-state index in [-0.39, 0.29) is 17.7 Å². The second-order valence-electron chi connectivity index (χ2n) is 6.05. The molecule has 1 aliphatic carbocycles. The number of nitrogens with zero attached hydrogens (tertiary/aromatic N) is 2. The molecule has 0 radical (unpaired) electrons. The van der Waals surface area contributed by atoms with Crippen LogP contribution in [0.5, 0.6) is 0 Å². The molecule has 3 rings (SSSR count). The molecular weight excluding hydrogens is 322 g/mol. The van der Waals surface area contributed by atoms with Gasteiger partial charge in [0.05, 0.1) is 22.0 Å². The first-order valence-corrected chi connectivity index (χ1v) is 9.00. The molecule has 0 atom stereocenters. The summed E-state index contributed by atoms with van der Waals surface area (Å²) in [5, 5.41) is 5.96. The summed E-state index contributed by atoms with van der Waals surface area (Å²) in [5.41, 5.74) is 2.19. The number of hydrogen-bond acceptors (Lipinski definition) is 4. The van der Waals surface area contributed by atoms with Gasteiger partial charge in [0.1, 0.15) is 0 Å². The molecule has 1 aromatic heterocycles. The fourth-order valence-electron chi connectivity index (χ4n) is 2.60. The number of aryl methyl sites for hydroxylation is 1. The summed E-state index contributed by atoms with van der Waals surface area (Å²) in [6, 6.07) is 7.24. The van der Waals surface area contributed by atoms with Crippen LogP contribution in [0.4, 0.5) is 5.69 Å². The van der Waals surface area contributed by atoms with E-state index in [1.54, 1.807) is 29.4 Å². The number of rotatable bonds is 6. The van der Waals surface area contributed by atoms with Crippen LogP contribution >= 0.6 is 11.3 Å². The number of thiazole rings is 1. The maximum atomic E-state index is 12.5. The molecule has 0 unspecified atom stereocenters. The Kier molecular flexibility index (Phi) is 4.94. The number of amides is 2. The topological polar surface area (TPSA) is 62.3 Å². The van der Waals surface area contributed by atoms with Gasteiger partial charge >= 0.3 is 0 Å². The number of nitrogens with one attached hydrogen (secondary N) is 1. The molecule has 1 aliphatic rings. The number of hydrogen-bond donors (Lipinski definition) is 1. The number of benzene rings is 1. The standard InChI is InChI=1S/C18H21N3O2S/c1-12-20-14(11-24-12)9-10-19-17(22)15-5-3-4-6-16(15)21(2)18(23)13-7-8-13/h3-6,11,13H,7-10H2,1-2H3,(H,19,22). The van der Waals surface area contributed by atoms with E-state index in [9.17, 15) is 9.59 Å². The summed E-state index contributed by atoms with van der Waals surface area (Å²) < 4.78 is 0. The molecule has 1 aromatic carbocycles. The number of anilines is 1. The largest absolute Gasteiger partial charge is 0.352 e. The van der Waals surface area contributed by atoms with Crippen molar-refractivity contribution in [1.82, 2.24) is 10.3 Å². The minimum absolute atomic E-state index is 0.0909. The van der Waals surface area contributed by atoms with Crippen LogP contribution < -0.4 is 10.2 Å². The van der Waals surface area contributed by atoms with E-state index in [2.05, 4.69) is 10.3 Å². The molecule has 0 aliphatic heterocycles. The average molecular weight is 343 g/mol. The van der Waals surface area contributed by atoms with E-state index in [0.29, 0.717) is 24.2 Å². The van der Waals surface area contributed by atoms with Crippen molar-refractivity contribution < 1.29 is 9.59 Å². The second-order valence-corrected chi connectivity index (χ2v) is 7.11. The molecule has 2 amide bonds. The molecule has 1 fully saturated rings. The molecule has 0 bridgehead atoms. The van der Waals surface area contributed by atoms with E-state index in [1.165, 1.54) is 0 Å². The molecule has 0 saturated heterocycles. The maximum absolute atomic E-state index is 12.5. The van der Waals surface area contributed by atoms with Gasteiger partial charge in [-0.1, -0.05) is 12.1 Å². The lowest BCUT2D eigenvalue weighted by Gasteiger charge is -2.20. The van der Waals surface area contributed by atoms with E-state index < -0.39 is 0 Å². The number of para-hydroxylation sites is 1. The van der Waals surface area contributed by atoms with Crippen molar-refractivity contribution in [2.45, 2.75) is 26.2 Å². The zero-order valence-corrected chi connectivity index (χ0v) is 14.7. The Morgan fingerprint density at radius 1 is 1.33 bits per heavy atom. The van der Waals surface area contributed by atoms with Crippen LogP contribution in [0.2, 0.25) is 0 Å². The monoisotopic (exact) mass is 343 g/mol. The Balaban J connectivity index is 1.64. The van der Waals surface area contributed by atoms with Crippen molar-refractivity contribution in [3.8, 4) is 0 Å². The van der Waals surface area contributed by atoms with E-state index in [4.69, 9.17) is 0 Å². The zero-order valence-electron chi connectivity index (χ0n) is 13.9. The SMILES string of the molecule is Cc1nc(CCNC(=O)c2ccccc2N(C)C(=O)C2CC2)cs1. The van der Waals surface area contributed by atoms with Gasteiger partial charge < -0.3 is 10.2 Å². The highest BCUT2D eigenvalue weighted by Crippen LogP contribution is 2.33. The van der Waals surface area contributed by atoms with Crippen LogP contribution in [0.25, 0.3) is 0 Å². The van der Waals surface area contributed by atoms with Gasteiger partial charge in [-0.05, 0) is 31.9 Å². The highest BCUT2D eigenvalue weighted by Gasteiger charge is 2.33. The highest BCUT2D eigenvalue weighted by atomic mass is 32.1.